The molecule has 0 aliphatic carbocycles. The Morgan fingerprint density at radius 1 is 1.03 bits per heavy atom. The van der Waals surface area contributed by atoms with E-state index in [1.54, 1.807) is 17.0 Å². The van der Waals surface area contributed by atoms with E-state index in [2.05, 4.69) is 0 Å². The molecule has 1 heterocycles. The summed E-state index contributed by atoms with van der Waals surface area (Å²) in [4.78, 5) is 26.3. The van der Waals surface area contributed by atoms with Crippen LogP contribution in [-0.4, -0.2) is 23.4 Å². The van der Waals surface area contributed by atoms with E-state index < -0.39 is 17.6 Å². The van der Waals surface area contributed by atoms with E-state index in [4.69, 9.17) is 10.5 Å². The topological polar surface area (TPSA) is 72.6 Å². The van der Waals surface area contributed by atoms with Crippen molar-refractivity contribution in [2.45, 2.75) is 37.8 Å². The average Bonchev–Trinajstić information content (AvgIpc) is 2.83. The van der Waals surface area contributed by atoms with Crippen LogP contribution < -0.4 is 5.73 Å². The molecule has 3 aromatic rings. The number of carbonyl (C=O) groups excluding carboxylic acids is 2. The number of ether oxygens (including phenoxy) is 1. The fourth-order valence-corrected chi connectivity index (χ4v) is 4.39. The molecule has 2 atom stereocenters. The zero-order valence-electron chi connectivity index (χ0n) is 18.5. The highest BCUT2D eigenvalue weighted by Gasteiger charge is 2.43. The second kappa shape index (κ2) is 9.45. The van der Waals surface area contributed by atoms with Crippen LogP contribution in [0.15, 0.2) is 78.9 Å². The molecule has 6 heteroatoms. The van der Waals surface area contributed by atoms with E-state index in [1.165, 1.54) is 12.1 Å². The number of amides is 2. The fourth-order valence-electron chi connectivity index (χ4n) is 4.39. The van der Waals surface area contributed by atoms with Crippen LogP contribution in [0.1, 0.15) is 43.4 Å². The molecule has 33 heavy (non-hydrogen) atoms. The summed E-state index contributed by atoms with van der Waals surface area (Å²) in [6, 6.07) is 23.6. The van der Waals surface area contributed by atoms with Gasteiger partial charge in [-0.15, -0.1) is 0 Å². The highest BCUT2D eigenvalue weighted by atomic mass is 19.1. The third-order valence-electron chi connectivity index (χ3n) is 6.39. The molecule has 0 saturated carbocycles. The zero-order valence-corrected chi connectivity index (χ0v) is 18.5. The van der Waals surface area contributed by atoms with Crippen molar-refractivity contribution in [3.05, 3.63) is 95.8 Å². The summed E-state index contributed by atoms with van der Waals surface area (Å²) in [7, 11) is 0. The van der Waals surface area contributed by atoms with E-state index >= 15 is 0 Å². The second-order valence-corrected chi connectivity index (χ2v) is 8.44. The molecule has 5 nitrogen and oxygen atoms in total. The number of benzene rings is 3. The molecule has 1 saturated heterocycles. The van der Waals surface area contributed by atoms with Crippen LogP contribution in [0.4, 0.5) is 9.18 Å². The Hall–Kier alpha value is -3.67. The number of nitrogens with two attached hydrogens (primary N) is 1. The van der Waals surface area contributed by atoms with Gasteiger partial charge in [-0.2, -0.15) is 0 Å². The highest BCUT2D eigenvalue weighted by molar-refractivity contribution is 5.74. The summed E-state index contributed by atoms with van der Waals surface area (Å²) in [6.07, 6.45) is 0.646. The molecule has 0 bridgehead atoms. The third-order valence-corrected chi connectivity index (χ3v) is 6.39. The summed E-state index contributed by atoms with van der Waals surface area (Å²) in [5.74, 6) is -0.687. The Morgan fingerprint density at radius 2 is 1.64 bits per heavy atom. The lowest BCUT2D eigenvalue weighted by Crippen LogP contribution is -2.49. The number of nitrogens with zero attached hydrogens (tertiary/aromatic N) is 1. The van der Waals surface area contributed by atoms with Gasteiger partial charge >= 0.3 is 6.09 Å². The molecule has 0 radical (unpaired) electrons. The van der Waals surface area contributed by atoms with Crippen molar-refractivity contribution in [1.29, 1.82) is 0 Å². The number of rotatable bonds is 7. The van der Waals surface area contributed by atoms with Gasteiger partial charge in [-0.05, 0) is 41.3 Å². The molecule has 4 rings (SSSR count). The van der Waals surface area contributed by atoms with Gasteiger partial charge in [0.2, 0.25) is 5.91 Å². The number of hydrogen-bond acceptors (Lipinski definition) is 3. The van der Waals surface area contributed by atoms with Gasteiger partial charge in [-0.1, -0.05) is 66.7 Å². The summed E-state index contributed by atoms with van der Waals surface area (Å²) in [5, 5.41) is 0. The molecule has 2 amide bonds. The number of hydrogen-bond donors (Lipinski definition) is 1. The minimum absolute atomic E-state index is 0.141. The van der Waals surface area contributed by atoms with Crippen molar-refractivity contribution >= 4 is 12.0 Å². The lowest BCUT2D eigenvalue weighted by Gasteiger charge is -2.43. The molecule has 0 spiro atoms. The van der Waals surface area contributed by atoms with Crippen molar-refractivity contribution < 1.29 is 18.7 Å². The molecule has 1 aliphatic heterocycles. The second-order valence-electron chi connectivity index (χ2n) is 8.44. The SMILES string of the molecule is CC(c1ccc(-c2ccc(F)cc2)cc1)N1CCC(CCC(N)=O)(c2ccccc2)OC1=O. The van der Waals surface area contributed by atoms with Gasteiger partial charge in [0.05, 0.1) is 6.04 Å². The van der Waals surface area contributed by atoms with Crippen molar-refractivity contribution in [3.63, 3.8) is 0 Å². The van der Waals surface area contributed by atoms with Crippen LogP contribution in [0.5, 0.6) is 0 Å². The first-order valence-electron chi connectivity index (χ1n) is 11.1. The number of carbonyl (C=O) groups is 2. The van der Waals surface area contributed by atoms with Crippen molar-refractivity contribution in [2.24, 2.45) is 5.73 Å². The molecule has 1 aliphatic rings. The first-order chi connectivity index (χ1) is 15.9. The third kappa shape index (κ3) is 4.90. The van der Waals surface area contributed by atoms with Crippen LogP contribution in [0.3, 0.4) is 0 Å². The summed E-state index contributed by atoms with van der Waals surface area (Å²) < 4.78 is 19.2. The quantitative estimate of drug-likeness (QED) is 0.517. The lowest BCUT2D eigenvalue weighted by molar-refractivity contribution is -0.121. The minimum Gasteiger partial charge on any atom is -0.438 e. The lowest BCUT2D eigenvalue weighted by atomic mass is 9.84. The van der Waals surface area contributed by atoms with Gasteiger partial charge < -0.3 is 15.4 Å². The van der Waals surface area contributed by atoms with Gasteiger partial charge in [-0.3, -0.25) is 4.79 Å². The minimum atomic E-state index is -0.865. The highest BCUT2D eigenvalue weighted by Crippen LogP contribution is 2.40. The predicted octanol–water partition coefficient (Wildman–Crippen LogP) is 5.56. The van der Waals surface area contributed by atoms with Gasteiger partial charge in [-0.25, -0.2) is 9.18 Å². The first kappa shape index (κ1) is 22.5. The largest absolute Gasteiger partial charge is 0.438 e. The van der Waals surface area contributed by atoms with E-state index in [9.17, 15) is 14.0 Å². The Balaban J connectivity index is 1.51. The van der Waals surface area contributed by atoms with E-state index in [0.29, 0.717) is 19.4 Å². The number of primary amides is 1. The van der Waals surface area contributed by atoms with E-state index in [0.717, 1.165) is 22.3 Å². The smallest absolute Gasteiger partial charge is 0.411 e. The average molecular weight is 447 g/mol. The molecular weight excluding hydrogens is 419 g/mol. The van der Waals surface area contributed by atoms with Gasteiger partial charge in [0.1, 0.15) is 11.4 Å². The van der Waals surface area contributed by atoms with E-state index in [-0.39, 0.29) is 18.3 Å². The molecule has 170 valence electrons. The number of halogens is 1. The van der Waals surface area contributed by atoms with Crippen molar-refractivity contribution in [1.82, 2.24) is 4.90 Å². The molecule has 2 unspecified atom stereocenters. The predicted molar refractivity (Wildman–Crippen MR) is 125 cm³/mol. The van der Waals surface area contributed by atoms with Crippen LogP contribution in [-0.2, 0) is 15.1 Å². The Bertz CT molecular complexity index is 1120. The maximum Gasteiger partial charge on any atom is 0.411 e. The summed E-state index contributed by atoms with van der Waals surface area (Å²) >= 11 is 0. The molecule has 0 aromatic heterocycles. The maximum absolute atomic E-state index is 13.2. The van der Waals surface area contributed by atoms with Gasteiger partial charge in [0.25, 0.3) is 0 Å². The normalized spacial score (nSPS) is 19.1. The van der Waals surface area contributed by atoms with Crippen LogP contribution >= 0.6 is 0 Å². The standard InChI is InChI=1S/C27H27FN2O3/c1-19(20-7-9-21(10-8-20)22-11-13-24(28)14-12-22)30-18-17-27(33-26(30)32,16-15-25(29)31)23-5-3-2-4-6-23/h2-14,19H,15-18H2,1H3,(H2,29,31). The molecular formula is C27H27FN2O3. The first-order valence-corrected chi connectivity index (χ1v) is 11.1. The molecule has 1 fully saturated rings. The van der Waals surface area contributed by atoms with Crippen molar-refractivity contribution in [2.75, 3.05) is 6.54 Å². The van der Waals surface area contributed by atoms with Crippen LogP contribution in [0, 0.1) is 5.82 Å². The van der Waals surface area contributed by atoms with Gasteiger partial charge in [0, 0.05) is 25.8 Å². The Morgan fingerprint density at radius 3 is 2.21 bits per heavy atom. The Kier molecular flexibility index (Phi) is 6.45. The summed E-state index contributed by atoms with van der Waals surface area (Å²) in [6.45, 7) is 2.46. The molecule has 3 aromatic carbocycles. The van der Waals surface area contributed by atoms with Crippen molar-refractivity contribution in [3.8, 4) is 11.1 Å². The van der Waals surface area contributed by atoms with Gasteiger partial charge in [0.15, 0.2) is 0 Å². The van der Waals surface area contributed by atoms with Crippen LogP contribution in [0.2, 0.25) is 0 Å². The van der Waals surface area contributed by atoms with Crippen LogP contribution in [0.25, 0.3) is 11.1 Å². The monoisotopic (exact) mass is 446 g/mol. The summed E-state index contributed by atoms with van der Waals surface area (Å²) in [5.41, 5.74) is 8.27. The van der Waals surface area contributed by atoms with E-state index in [1.807, 2.05) is 61.5 Å². The molecule has 2 N–H and O–H groups in total. The fraction of sp³-hybridized carbons (Fsp3) is 0.259. The maximum atomic E-state index is 13.2. The zero-order chi connectivity index (χ0) is 23.4. The number of cyclic esters (lactones) is 1. The Labute approximate surface area is 193 Å².